The molecule has 0 saturated heterocycles. The smallest absolute Gasteiger partial charge is 0.416 e. The van der Waals surface area contributed by atoms with Crippen molar-refractivity contribution in [2.24, 2.45) is 0 Å². The summed E-state index contributed by atoms with van der Waals surface area (Å²) in [5.74, 6) is 1.41. The fourth-order valence-corrected chi connectivity index (χ4v) is 2.84. The van der Waals surface area contributed by atoms with E-state index in [4.69, 9.17) is 10.5 Å². The SMILES string of the molecule is CCOc1cc2c(N[C@H](C)c3cc(N)cc(C(F)(F)F)c3)nc(C)nc2cn1. The second kappa shape index (κ2) is 7.49. The van der Waals surface area contributed by atoms with Crippen molar-refractivity contribution >= 4 is 22.4 Å². The molecule has 0 spiro atoms. The molecule has 6 nitrogen and oxygen atoms in total. The van der Waals surface area contributed by atoms with Crippen LogP contribution in [0.15, 0.2) is 30.5 Å². The summed E-state index contributed by atoms with van der Waals surface area (Å²) in [6.07, 6.45) is -2.90. The van der Waals surface area contributed by atoms with Crippen LogP contribution in [-0.2, 0) is 6.18 Å². The predicted octanol–water partition coefficient (Wildman–Crippen LogP) is 4.51. The number of aromatic nitrogens is 3. The summed E-state index contributed by atoms with van der Waals surface area (Å²) in [4.78, 5) is 12.9. The summed E-state index contributed by atoms with van der Waals surface area (Å²) in [6.45, 7) is 5.77. The summed E-state index contributed by atoms with van der Waals surface area (Å²) in [5, 5.41) is 3.82. The van der Waals surface area contributed by atoms with Gasteiger partial charge in [-0.3, -0.25) is 0 Å². The topological polar surface area (TPSA) is 86.0 Å². The maximum Gasteiger partial charge on any atom is 0.416 e. The molecule has 2 heterocycles. The number of rotatable bonds is 5. The zero-order valence-electron chi connectivity index (χ0n) is 15.6. The molecule has 0 aliphatic carbocycles. The van der Waals surface area contributed by atoms with Gasteiger partial charge < -0.3 is 15.8 Å². The average molecular weight is 391 g/mol. The third-order valence-electron chi connectivity index (χ3n) is 4.12. The van der Waals surface area contributed by atoms with Gasteiger partial charge in [-0.25, -0.2) is 15.0 Å². The molecule has 0 aliphatic rings. The van der Waals surface area contributed by atoms with Crippen LogP contribution >= 0.6 is 0 Å². The van der Waals surface area contributed by atoms with Crippen LogP contribution in [0.3, 0.4) is 0 Å². The number of ether oxygens (including phenoxy) is 1. The van der Waals surface area contributed by atoms with E-state index in [0.29, 0.717) is 40.6 Å². The van der Waals surface area contributed by atoms with E-state index in [-0.39, 0.29) is 5.69 Å². The number of benzene rings is 1. The molecular formula is C19H20F3N5O. The van der Waals surface area contributed by atoms with Crippen LogP contribution in [-0.4, -0.2) is 21.6 Å². The Morgan fingerprint density at radius 2 is 1.93 bits per heavy atom. The number of alkyl halides is 3. The van der Waals surface area contributed by atoms with Crippen molar-refractivity contribution in [1.29, 1.82) is 0 Å². The highest BCUT2D eigenvalue weighted by molar-refractivity contribution is 5.89. The molecule has 0 unspecified atom stereocenters. The average Bonchev–Trinajstić information content (AvgIpc) is 2.61. The van der Waals surface area contributed by atoms with Gasteiger partial charge >= 0.3 is 6.18 Å². The molecule has 0 saturated carbocycles. The second-order valence-corrected chi connectivity index (χ2v) is 6.34. The van der Waals surface area contributed by atoms with Gasteiger partial charge in [-0.15, -0.1) is 0 Å². The minimum atomic E-state index is -4.47. The van der Waals surface area contributed by atoms with Crippen molar-refractivity contribution in [3.05, 3.63) is 47.4 Å². The first-order valence-electron chi connectivity index (χ1n) is 8.68. The lowest BCUT2D eigenvalue weighted by atomic mass is 10.0. The molecule has 0 radical (unpaired) electrons. The zero-order valence-corrected chi connectivity index (χ0v) is 15.6. The molecule has 3 N–H and O–H groups in total. The Morgan fingerprint density at radius 3 is 2.61 bits per heavy atom. The van der Waals surface area contributed by atoms with Crippen molar-refractivity contribution in [3.63, 3.8) is 0 Å². The highest BCUT2D eigenvalue weighted by Crippen LogP contribution is 2.34. The standard InChI is InChI=1S/C19H20F3N5O/c1-4-28-17-8-15-16(9-24-17)26-11(3)27-18(15)25-10(2)12-5-13(19(20,21)22)7-14(23)6-12/h5-10H,4,23H2,1-3H3,(H,25,26,27)/t10-/m1/s1. The van der Waals surface area contributed by atoms with E-state index in [0.717, 1.165) is 12.1 Å². The Hall–Kier alpha value is -3.10. The summed E-state index contributed by atoms with van der Waals surface area (Å²) in [7, 11) is 0. The maximum absolute atomic E-state index is 13.1. The lowest BCUT2D eigenvalue weighted by Crippen LogP contribution is -2.13. The summed E-state index contributed by atoms with van der Waals surface area (Å²) >= 11 is 0. The van der Waals surface area contributed by atoms with Crippen LogP contribution in [0.25, 0.3) is 10.9 Å². The van der Waals surface area contributed by atoms with Crippen LogP contribution < -0.4 is 15.8 Å². The molecule has 0 amide bonds. The molecule has 148 valence electrons. The van der Waals surface area contributed by atoms with E-state index in [1.54, 1.807) is 26.1 Å². The number of anilines is 2. The van der Waals surface area contributed by atoms with Gasteiger partial charge in [0.2, 0.25) is 5.88 Å². The lowest BCUT2D eigenvalue weighted by molar-refractivity contribution is -0.137. The zero-order chi connectivity index (χ0) is 20.5. The molecule has 0 bridgehead atoms. The Kier molecular flexibility index (Phi) is 5.26. The normalized spacial score (nSPS) is 12.8. The number of fused-ring (bicyclic) bond motifs is 1. The quantitative estimate of drug-likeness (QED) is 0.623. The largest absolute Gasteiger partial charge is 0.478 e. The van der Waals surface area contributed by atoms with Gasteiger partial charge in [-0.1, -0.05) is 0 Å². The van der Waals surface area contributed by atoms with Crippen LogP contribution in [0.4, 0.5) is 24.7 Å². The third kappa shape index (κ3) is 4.24. The highest BCUT2D eigenvalue weighted by Gasteiger charge is 2.31. The monoisotopic (exact) mass is 391 g/mol. The first-order valence-corrected chi connectivity index (χ1v) is 8.68. The number of nitrogens with two attached hydrogens (primary N) is 1. The van der Waals surface area contributed by atoms with E-state index in [9.17, 15) is 13.2 Å². The van der Waals surface area contributed by atoms with Gasteiger partial charge in [0.1, 0.15) is 11.6 Å². The van der Waals surface area contributed by atoms with E-state index in [1.165, 1.54) is 6.07 Å². The van der Waals surface area contributed by atoms with Crippen LogP contribution in [0.1, 0.15) is 36.8 Å². The highest BCUT2D eigenvalue weighted by atomic mass is 19.4. The van der Waals surface area contributed by atoms with Crippen molar-refractivity contribution < 1.29 is 17.9 Å². The Morgan fingerprint density at radius 1 is 1.18 bits per heavy atom. The number of hydrogen-bond acceptors (Lipinski definition) is 6. The molecule has 3 aromatic rings. The second-order valence-electron chi connectivity index (χ2n) is 6.34. The van der Waals surface area contributed by atoms with E-state index in [2.05, 4.69) is 20.3 Å². The van der Waals surface area contributed by atoms with Crippen LogP contribution in [0.2, 0.25) is 0 Å². The fraction of sp³-hybridized carbons (Fsp3) is 0.316. The minimum Gasteiger partial charge on any atom is -0.478 e. The molecule has 9 heteroatoms. The molecule has 1 aromatic carbocycles. The third-order valence-corrected chi connectivity index (χ3v) is 4.12. The van der Waals surface area contributed by atoms with E-state index < -0.39 is 17.8 Å². The number of halogens is 3. The van der Waals surface area contributed by atoms with Gasteiger partial charge in [0, 0.05) is 17.1 Å². The molecule has 3 rings (SSSR count). The van der Waals surface area contributed by atoms with Crippen LogP contribution in [0, 0.1) is 6.92 Å². The first kappa shape index (κ1) is 19.7. The van der Waals surface area contributed by atoms with E-state index >= 15 is 0 Å². The van der Waals surface area contributed by atoms with Crippen molar-refractivity contribution in [1.82, 2.24) is 15.0 Å². The Labute approximate surface area is 160 Å². The van der Waals surface area contributed by atoms with E-state index in [1.807, 2.05) is 6.92 Å². The minimum absolute atomic E-state index is 0.0463. The Balaban J connectivity index is 2.00. The van der Waals surface area contributed by atoms with Gasteiger partial charge in [-0.2, -0.15) is 13.2 Å². The fourth-order valence-electron chi connectivity index (χ4n) is 2.84. The van der Waals surface area contributed by atoms with Crippen LogP contribution in [0.5, 0.6) is 5.88 Å². The lowest BCUT2D eigenvalue weighted by Gasteiger charge is -2.19. The molecule has 0 aliphatic heterocycles. The predicted molar refractivity (Wildman–Crippen MR) is 101 cm³/mol. The molecule has 2 aromatic heterocycles. The number of nitrogens with one attached hydrogen (secondary N) is 1. The first-order chi connectivity index (χ1) is 13.2. The summed E-state index contributed by atoms with van der Waals surface area (Å²) in [6, 6.07) is 4.73. The van der Waals surface area contributed by atoms with Crippen molar-refractivity contribution in [2.75, 3.05) is 17.7 Å². The number of nitrogens with zero attached hydrogens (tertiary/aromatic N) is 3. The van der Waals surface area contributed by atoms with Gasteiger partial charge in [-0.05, 0) is 44.5 Å². The number of nitrogen functional groups attached to an aromatic ring is 1. The number of aryl methyl sites for hydroxylation is 1. The molecule has 1 atom stereocenters. The molecule has 28 heavy (non-hydrogen) atoms. The summed E-state index contributed by atoms with van der Waals surface area (Å²) < 4.78 is 44.7. The van der Waals surface area contributed by atoms with Crippen molar-refractivity contribution in [3.8, 4) is 5.88 Å². The molecule has 0 fully saturated rings. The van der Waals surface area contributed by atoms with Crippen molar-refractivity contribution in [2.45, 2.75) is 33.0 Å². The van der Waals surface area contributed by atoms with Gasteiger partial charge in [0.05, 0.1) is 29.9 Å². The molecular weight excluding hydrogens is 371 g/mol. The number of hydrogen-bond donors (Lipinski definition) is 2. The summed E-state index contributed by atoms with van der Waals surface area (Å²) in [5.41, 5.74) is 5.94. The van der Waals surface area contributed by atoms with Gasteiger partial charge in [0.15, 0.2) is 0 Å². The number of pyridine rings is 1. The van der Waals surface area contributed by atoms with Gasteiger partial charge in [0.25, 0.3) is 0 Å². The Bertz CT molecular complexity index is 1010. The maximum atomic E-state index is 13.1.